The lowest BCUT2D eigenvalue weighted by Crippen LogP contribution is -1.96. The number of hydrogen-bond donors (Lipinski definition) is 1. The van der Waals surface area contributed by atoms with Gasteiger partial charge in [0, 0.05) is 0 Å². The minimum atomic E-state index is 0.719. The fourth-order valence-electron chi connectivity index (χ4n) is 1.28. The number of nitrogens with zero attached hydrogens (tertiary/aromatic N) is 1. The van der Waals surface area contributed by atoms with Crippen molar-refractivity contribution in [2.45, 2.75) is 19.8 Å². The summed E-state index contributed by atoms with van der Waals surface area (Å²) in [5.41, 5.74) is 1.98. The molecule has 0 aliphatic heterocycles. The summed E-state index contributed by atoms with van der Waals surface area (Å²) in [6.45, 7) is 1.91. The van der Waals surface area contributed by atoms with E-state index < -0.39 is 0 Å². The van der Waals surface area contributed by atoms with Gasteiger partial charge in [-0.3, -0.25) is 0 Å². The molecule has 0 unspecified atom stereocenters. The molecular formula is C12H15NO. The lowest BCUT2D eigenvalue weighted by atomic mass is 10.1. The molecule has 0 atom stereocenters. The molecule has 74 valence electrons. The van der Waals surface area contributed by atoms with Crippen LogP contribution in [0.25, 0.3) is 0 Å². The van der Waals surface area contributed by atoms with Crippen LogP contribution in [0.4, 0.5) is 0 Å². The average molecular weight is 189 g/mol. The van der Waals surface area contributed by atoms with E-state index >= 15 is 0 Å². The maximum absolute atomic E-state index is 8.67. The van der Waals surface area contributed by atoms with Gasteiger partial charge in [-0.15, -0.1) is 0 Å². The second-order valence-corrected chi connectivity index (χ2v) is 3.08. The Morgan fingerprint density at radius 3 is 2.64 bits per heavy atom. The van der Waals surface area contributed by atoms with Gasteiger partial charge in [0.15, 0.2) is 0 Å². The molecule has 0 radical (unpaired) electrons. The van der Waals surface area contributed by atoms with Gasteiger partial charge in [-0.05, 0) is 31.4 Å². The number of benzene rings is 1. The van der Waals surface area contributed by atoms with Crippen LogP contribution in [0, 0.1) is 0 Å². The van der Waals surface area contributed by atoms with Crippen LogP contribution in [0.1, 0.15) is 18.9 Å². The number of hydrogen-bond acceptors (Lipinski definition) is 2. The van der Waals surface area contributed by atoms with E-state index in [0.29, 0.717) is 0 Å². The Morgan fingerprint density at radius 2 is 2.07 bits per heavy atom. The average Bonchev–Trinajstić information content (AvgIpc) is 2.25. The van der Waals surface area contributed by atoms with E-state index in [0.717, 1.165) is 18.6 Å². The minimum absolute atomic E-state index is 0.719. The Morgan fingerprint density at radius 1 is 1.36 bits per heavy atom. The van der Waals surface area contributed by atoms with E-state index in [1.807, 2.05) is 37.3 Å². The molecule has 0 aromatic heterocycles. The standard InChI is InChI=1S/C12H15NO/c1-2-6-12(13-14)10-9-11-7-4-3-5-8-11/h2-8,14H,9-10H2,1H3/b6-2+,13-12+. The Hall–Kier alpha value is -1.57. The largest absolute Gasteiger partial charge is 0.411 e. The SMILES string of the molecule is C/C=C/C(CCc1ccccc1)=N\O. The van der Waals surface area contributed by atoms with Crippen LogP contribution in [-0.2, 0) is 6.42 Å². The molecule has 0 aliphatic carbocycles. The van der Waals surface area contributed by atoms with E-state index in [2.05, 4.69) is 17.3 Å². The van der Waals surface area contributed by atoms with Gasteiger partial charge in [0.1, 0.15) is 0 Å². The topological polar surface area (TPSA) is 32.6 Å². The summed E-state index contributed by atoms with van der Waals surface area (Å²) < 4.78 is 0. The Kier molecular flexibility index (Phi) is 4.48. The van der Waals surface area contributed by atoms with E-state index in [1.54, 1.807) is 0 Å². The Balaban J connectivity index is 2.48. The second-order valence-electron chi connectivity index (χ2n) is 3.08. The zero-order chi connectivity index (χ0) is 10.2. The molecule has 0 bridgehead atoms. The smallest absolute Gasteiger partial charge is 0.0795 e. The van der Waals surface area contributed by atoms with Crippen LogP contribution in [0.5, 0.6) is 0 Å². The van der Waals surface area contributed by atoms with Gasteiger partial charge in [0.2, 0.25) is 0 Å². The minimum Gasteiger partial charge on any atom is -0.411 e. The zero-order valence-corrected chi connectivity index (χ0v) is 8.35. The quantitative estimate of drug-likeness (QED) is 0.440. The molecule has 1 aromatic rings. The van der Waals surface area contributed by atoms with Crippen LogP contribution < -0.4 is 0 Å². The van der Waals surface area contributed by atoms with Crippen molar-refractivity contribution in [3.05, 3.63) is 48.0 Å². The molecule has 0 saturated carbocycles. The van der Waals surface area contributed by atoms with Gasteiger partial charge in [-0.2, -0.15) is 0 Å². The third kappa shape index (κ3) is 3.44. The fourth-order valence-corrected chi connectivity index (χ4v) is 1.28. The summed E-state index contributed by atoms with van der Waals surface area (Å²) >= 11 is 0. The molecule has 0 heterocycles. The number of aryl methyl sites for hydroxylation is 1. The first-order valence-electron chi connectivity index (χ1n) is 4.74. The van der Waals surface area contributed by atoms with Crippen molar-refractivity contribution in [1.82, 2.24) is 0 Å². The van der Waals surface area contributed by atoms with E-state index in [4.69, 9.17) is 5.21 Å². The summed E-state index contributed by atoms with van der Waals surface area (Å²) in [4.78, 5) is 0. The van der Waals surface area contributed by atoms with Gasteiger partial charge in [0.25, 0.3) is 0 Å². The highest BCUT2D eigenvalue weighted by atomic mass is 16.4. The van der Waals surface area contributed by atoms with Crippen LogP contribution >= 0.6 is 0 Å². The van der Waals surface area contributed by atoms with Crippen LogP contribution in [0.15, 0.2) is 47.6 Å². The molecule has 0 amide bonds. The van der Waals surface area contributed by atoms with Gasteiger partial charge >= 0.3 is 0 Å². The van der Waals surface area contributed by atoms with Crippen LogP contribution in [-0.4, -0.2) is 10.9 Å². The van der Waals surface area contributed by atoms with E-state index in [9.17, 15) is 0 Å². The summed E-state index contributed by atoms with van der Waals surface area (Å²) in [5, 5.41) is 11.9. The van der Waals surface area contributed by atoms with Crippen molar-refractivity contribution in [2.75, 3.05) is 0 Å². The first-order chi connectivity index (χ1) is 6.86. The first-order valence-corrected chi connectivity index (χ1v) is 4.74. The third-order valence-corrected chi connectivity index (χ3v) is 2.00. The third-order valence-electron chi connectivity index (χ3n) is 2.00. The lowest BCUT2D eigenvalue weighted by molar-refractivity contribution is 0.318. The molecular weight excluding hydrogens is 174 g/mol. The molecule has 1 rings (SSSR count). The van der Waals surface area contributed by atoms with Gasteiger partial charge in [-0.25, -0.2) is 0 Å². The van der Waals surface area contributed by atoms with Crippen molar-refractivity contribution in [2.24, 2.45) is 5.16 Å². The maximum Gasteiger partial charge on any atom is 0.0795 e. The normalized spacial score (nSPS) is 12.2. The zero-order valence-electron chi connectivity index (χ0n) is 8.35. The monoisotopic (exact) mass is 189 g/mol. The summed E-state index contributed by atoms with van der Waals surface area (Å²) in [7, 11) is 0. The summed E-state index contributed by atoms with van der Waals surface area (Å²) in [6.07, 6.45) is 5.37. The van der Waals surface area contributed by atoms with Crippen molar-refractivity contribution in [1.29, 1.82) is 0 Å². The molecule has 0 fully saturated rings. The lowest BCUT2D eigenvalue weighted by Gasteiger charge is -1.99. The Labute approximate surface area is 84.6 Å². The van der Waals surface area contributed by atoms with Gasteiger partial charge in [0.05, 0.1) is 5.71 Å². The van der Waals surface area contributed by atoms with E-state index in [-0.39, 0.29) is 0 Å². The second kappa shape index (κ2) is 5.97. The molecule has 0 spiro atoms. The number of rotatable bonds is 4. The molecule has 2 heteroatoms. The van der Waals surface area contributed by atoms with Crippen molar-refractivity contribution >= 4 is 5.71 Å². The molecule has 1 N–H and O–H groups in total. The van der Waals surface area contributed by atoms with Crippen LogP contribution in [0.2, 0.25) is 0 Å². The molecule has 2 nitrogen and oxygen atoms in total. The molecule has 0 aliphatic rings. The van der Waals surface area contributed by atoms with Crippen molar-refractivity contribution < 1.29 is 5.21 Å². The highest BCUT2D eigenvalue weighted by Gasteiger charge is 1.96. The van der Waals surface area contributed by atoms with E-state index in [1.165, 1.54) is 5.56 Å². The number of oxime groups is 1. The molecule has 0 saturated heterocycles. The predicted octanol–water partition coefficient (Wildman–Crippen LogP) is 3.03. The summed E-state index contributed by atoms with van der Waals surface area (Å²) in [5.74, 6) is 0. The van der Waals surface area contributed by atoms with Crippen molar-refractivity contribution in [3.63, 3.8) is 0 Å². The molecule has 14 heavy (non-hydrogen) atoms. The van der Waals surface area contributed by atoms with Crippen LogP contribution in [0.3, 0.4) is 0 Å². The Bertz CT molecular complexity index is 314. The highest BCUT2D eigenvalue weighted by Crippen LogP contribution is 2.03. The van der Waals surface area contributed by atoms with Gasteiger partial charge < -0.3 is 5.21 Å². The van der Waals surface area contributed by atoms with Crippen molar-refractivity contribution in [3.8, 4) is 0 Å². The highest BCUT2D eigenvalue weighted by molar-refractivity contribution is 5.94. The molecule has 1 aromatic carbocycles. The predicted molar refractivity (Wildman–Crippen MR) is 58.8 cm³/mol. The van der Waals surface area contributed by atoms with Gasteiger partial charge in [-0.1, -0.05) is 41.6 Å². The number of allylic oxidation sites excluding steroid dienone is 2. The fraction of sp³-hybridized carbons (Fsp3) is 0.250. The maximum atomic E-state index is 8.67. The first kappa shape index (κ1) is 10.5. The summed E-state index contributed by atoms with van der Waals surface area (Å²) in [6, 6.07) is 10.2.